The smallest absolute Gasteiger partial charge is 0.124 e. The summed E-state index contributed by atoms with van der Waals surface area (Å²) in [6.07, 6.45) is 0. The van der Waals surface area contributed by atoms with Crippen LogP contribution in [0.1, 0.15) is 11.1 Å². The minimum atomic E-state index is -0.224. The van der Waals surface area contributed by atoms with Gasteiger partial charge in [0.25, 0.3) is 0 Å². The number of rotatable bonds is 0. The normalized spacial score (nSPS) is 8.92. The molecule has 1 rings (SSSR count). The van der Waals surface area contributed by atoms with E-state index in [-0.39, 0.29) is 5.82 Å². The molecule has 0 aliphatic rings. The van der Waals surface area contributed by atoms with Gasteiger partial charge in [0.05, 0.1) is 0 Å². The lowest BCUT2D eigenvalue weighted by molar-refractivity contribution is 0.626. The van der Waals surface area contributed by atoms with Gasteiger partial charge in [0, 0.05) is 26.8 Å². The predicted molar refractivity (Wildman–Crippen MR) is 59.6 cm³/mol. The fourth-order valence-corrected chi connectivity index (χ4v) is 1.37. The molecule has 0 heterocycles. The molecule has 12 heavy (non-hydrogen) atoms. The van der Waals surface area contributed by atoms with Gasteiger partial charge in [-0.2, -0.15) is 0 Å². The Morgan fingerprint density at radius 2 is 2.17 bits per heavy atom. The summed E-state index contributed by atoms with van der Waals surface area (Å²) in [7, 11) is 1.39. The fourth-order valence-electron chi connectivity index (χ4n) is 0.887. The van der Waals surface area contributed by atoms with Crippen LogP contribution in [0.2, 0.25) is 0 Å². The molecule has 1 aromatic rings. The third-order valence-corrected chi connectivity index (χ3v) is 2.12. The zero-order chi connectivity index (χ0) is 8.97. The van der Waals surface area contributed by atoms with Gasteiger partial charge in [-0.05, 0) is 44.9 Å². The van der Waals surface area contributed by atoms with Gasteiger partial charge >= 0.3 is 0 Å². The van der Waals surface area contributed by atoms with Gasteiger partial charge in [0.2, 0.25) is 0 Å². The maximum Gasteiger partial charge on any atom is 0.124 e. The van der Waals surface area contributed by atoms with Crippen molar-refractivity contribution >= 4 is 30.1 Å². The van der Waals surface area contributed by atoms with E-state index in [1.807, 2.05) is 13.0 Å². The van der Waals surface area contributed by atoms with E-state index >= 15 is 0 Å². The molecule has 0 fully saturated rings. The molecule has 0 saturated heterocycles. The van der Waals surface area contributed by atoms with Crippen molar-refractivity contribution in [2.45, 2.75) is 6.92 Å². The van der Waals surface area contributed by atoms with Crippen LogP contribution in [0.5, 0.6) is 0 Å². The van der Waals surface area contributed by atoms with E-state index in [4.69, 9.17) is 0 Å². The lowest BCUT2D eigenvalue weighted by Gasteiger charge is -1.94. The second-order valence-electron chi connectivity index (χ2n) is 2.32. The zero-order valence-corrected chi connectivity index (χ0v) is 9.37. The number of aryl methyl sites for hydroxylation is 1. The molecule has 0 aliphatic carbocycles. The third-order valence-electron chi connectivity index (χ3n) is 1.28. The summed E-state index contributed by atoms with van der Waals surface area (Å²) < 4.78 is 12.8. The predicted octanol–water partition coefficient (Wildman–Crippen LogP) is 3.53. The van der Waals surface area contributed by atoms with Gasteiger partial charge in [-0.15, -0.1) is 0 Å². The van der Waals surface area contributed by atoms with Crippen molar-refractivity contribution in [1.82, 2.24) is 0 Å². The first-order valence-corrected chi connectivity index (χ1v) is 6.64. The van der Waals surface area contributed by atoms with Crippen LogP contribution in [0.3, 0.4) is 0 Å². The molecule has 0 N–H and O–H groups in total. The molecule has 0 unspecified atom stereocenters. The molecule has 3 heteroatoms. The average Bonchev–Trinajstić information content (AvgIpc) is 1.99. The molecule has 0 spiro atoms. The summed E-state index contributed by atoms with van der Waals surface area (Å²) in [5.74, 6) is 2.62. The Morgan fingerprint density at radius 1 is 1.42 bits per heavy atom. The molecular formula is C9H6FIS. The second-order valence-corrected chi connectivity index (χ2v) is 4.00. The van der Waals surface area contributed by atoms with Crippen molar-refractivity contribution in [3.8, 4) is 11.2 Å². The van der Waals surface area contributed by atoms with Crippen LogP contribution in [-0.4, -0.2) is 0 Å². The van der Waals surface area contributed by atoms with E-state index in [1.165, 1.54) is 21.1 Å². The number of hydrogen-bond donors (Lipinski definition) is 0. The highest BCUT2D eigenvalue weighted by Crippen LogP contribution is 2.10. The highest BCUT2D eigenvalue weighted by Gasteiger charge is 1.93. The first kappa shape index (κ1) is 9.87. The molecule has 0 nitrogen and oxygen atoms in total. The van der Waals surface area contributed by atoms with Crippen molar-refractivity contribution in [1.29, 1.82) is 0 Å². The van der Waals surface area contributed by atoms with Gasteiger partial charge in [-0.3, -0.25) is 0 Å². The first-order chi connectivity index (χ1) is 5.72. The van der Waals surface area contributed by atoms with E-state index in [0.29, 0.717) is 0 Å². The fraction of sp³-hybridized carbons (Fsp3) is 0.111. The van der Waals surface area contributed by atoms with Gasteiger partial charge in [-0.1, -0.05) is 5.92 Å². The summed E-state index contributed by atoms with van der Waals surface area (Å²) in [4.78, 5) is 0. The highest BCUT2D eigenvalue weighted by molar-refractivity contribution is 14.2. The Balaban J connectivity index is 3.01. The van der Waals surface area contributed by atoms with Crippen molar-refractivity contribution in [3.63, 3.8) is 0 Å². The second kappa shape index (κ2) is 4.73. The lowest BCUT2D eigenvalue weighted by atomic mass is 10.1. The maximum absolute atomic E-state index is 12.8. The molecule has 0 atom stereocenters. The summed E-state index contributed by atoms with van der Waals surface area (Å²) in [6, 6.07) is 4.79. The molecule has 62 valence electrons. The Hall–Kier alpha value is -0.210. The molecule has 0 bridgehead atoms. The minimum Gasteiger partial charge on any atom is -0.207 e. The van der Waals surface area contributed by atoms with E-state index in [1.54, 1.807) is 0 Å². The van der Waals surface area contributed by atoms with Gasteiger partial charge < -0.3 is 0 Å². The molecule has 0 saturated carbocycles. The topological polar surface area (TPSA) is 0 Å². The van der Waals surface area contributed by atoms with Gasteiger partial charge in [-0.25, -0.2) is 4.39 Å². The zero-order valence-electron chi connectivity index (χ0n) is 6.40. The first-order valence-electron chi connectivity index (χ1n) is 3.28. The number of hydrogen-bond acceptors (Lipinski definition) is 1. The quantitative estimate of drug-likeness (QED) is 0.521. The van der Waals surface area contributed by atoms with Gasteiger partial charge in [0.1, 0.15) is 5.82 Å². The van der Waals surface area contributed by atoms with Crippen molar-refractivity contribution in [3.05, 3.63) is 35.1 Å². The third kappa shape index (κ3) is 3.03. The summed E-state index contributed by atoms with van der Waals surface area (Å²) in [5, 5.41) is 2.81. The minimum absolute atomic E-state index is 0.224. The summed E-state index contributed by atoms with van der Waals surface area (Å²) in [6.45, 7) is 1.85. The highest BCUT2D eigenvalue weighted by atomic mass is 127. The van der Waals surface area contributed by atoms with Crippen LogP contribution in [0, 0.1) is 23.9 Å². The average molecular weight is 292 g/mol. The van der Waals surface area contributed by atoms with Crippen molar-refractivity contribution < 1.29 is 4.39 Å². The lowest BCUT2D eigenvalue weighted by Crippen LogP contribution is -1.81. The largest absolute Gasteiger partial charge is 0.207 e. The standard InChI is InChI=1S/C9H6FIS/c1-7-4-8(2-3-12-11)6-9(10)5-7/h4-6H,1H3. The van der Waals surface area contributed by atoms with E-state index < -0.39 is 0 Å². The SMILES string of the molecule is Cc1cc(F)cc(C#CSI)c1. The van der Waals surface area contributed by atoms with E-state index in [2.05, 4.69) is 32.4 Å². The molecule has 1 aromatic carbocycles. The Labute approximate surface area is 87.5 Å². The maximum atomic E-state index is 12.8. The van der Waals surface area contributed by atoms with Crippen LogP contribution >= 0.6 is 30.1 Å². The van der Waals surface area contributed by atoms with E-state index in [9.17, 15) is 4.39 Å². The molecule has 0 radical (unpaired) electrons. The molecule has 0 aromatic heterocycles. The molecule has 0 amide bonds. The Morgan fingerprint density at radius 3 is 2.75 bits per heavy atom. The summed E-state index contributed by atoms with van der Waals surface area (Å²) in [5.41, 5.74) is 1.63. The van der Waals surface area contributed by atoms with Crippen LogP contribution in [-0.2, 0) is 0 Å². The Bertz CT molecular complexity index is 318. The van der Waals surface area contributed by atoms with Crippen LogP contribution in [0.25, 0.3) is 0 Å². The summed E-state index contributed by atoms with van der Waals surface area (Å²) >= 11 is 2.08. The number of halogens is 2. The van der Waals surface area contributed by atoms with Crippen LogP contribution in [0.15, 0.2) is 18.2 Å². The van der Waals surface area contributed by atoms with Crippen molar-refractivity contribution in [2.75, 3.05) is 0 Å². The molecule has 0 aliphatic heterocycles. The van der Waals surface area contributed by atoms with Crippen LogP contribution < -0.4 is 0 Å². The monoisotopic (exact) mass is 292 g/mol. The van der Waals surface area contributed by atoms with Crippen LogP contribution in [0.4, 0.5) is 4.39 Å². The Kier molecular flexibility index (Phi) is 3.89. The van der Waals surface area contributed by atoms with E-state index in [0.717, 1.165) is 11.1 Å². The molecular weight excluding hydrogens is 286 g/mol. The number of benzene rings is 1. The van der Waals surface area contributed by atoms with Crippen molar-refractivity contribution in [2.24, 2.45) is 0 Å². The van der Waals surface area contributed by atoms with Gasteiger partial charge in [0.15, 0.2) is 0 Å².